The maximum Gasteiger partial charge on any atom is 0.238 e. The number of anilines is 1. The lowest BCUT2D eigenvalue weighted by atomic mass is 10.2. The largest absolute Gasteiger partial charge is 0.497 e. The predicted molar refractivity (Wildman–Crippen MR) is 107 cm³/mol. The van der Waals surface area contributed by atoms with E-state index < -0.39 is 0 Å². The van der Waals surface area contributed by atoms with Crippen LogP contribution in [0.25, 0.3) is 0 Å². The van der Waals surface area contributed by atoms with Crippen molar-refractivity contribution in [3.05, 3.63) is 59.9 Å². The zero-order valence-electron chi connectivity index (χ0n) is 16.4. The average Bonchev–Trinajstić information content (AvgIpc) is 2.66. The fraction of sp³-hybridized carbons (Fsp3) is 0.333. The van der Waals surface area contributed by atoms with Crippen molar-refractivity contribution in [1.82, 2.24) is 9.80 Å². The van der Waals surface area contributed by atoms with Crippen LogP contribution in [0.4, 0.5) is 10.1 Å². The maximum absolute atomic E-state index is 13.3. The van der Waals surface area contributed by atoms with Crippen LogP contribution < -0.4 is 10.1 Å². The third kappa shape index (κ3) is 6.66. The SMILES string of the molecule is CCN(Cc1cccc(F)c1)C(=O)CN(C)CC(=O)Nc1ccc(OC)cc1. The Balaban J connectivity index is 1.84. The molecule has 150 valence electrons. The van der Waals surface area contributed by atoms with Gasteiger partial charge >= 0.3 is 0 Å². The first-order chi connectivity index (χ1) is 13.4. The molecule has 2 aromatic rings. The Labute approximate surface area is 164 Å². The van der Waals surface area contributed by atoms with Crippen LogP contribution in [-0.2, 0) is 16.1 Å². The number of amides is 2. The molecule has 0 atom stereocenters. The van der Waals surface area contributed by atoms with E-state index in [1.54, 1.807) is 60.4 Å². The van der Waals surface area contributed by atoms with Crippen LogP contribution in [0.3, 0.4) is 0 Å². The Bertz CT molecular complexity index is 796. The van der Waals surface area contributed by atoms with Gasteiger partial charge in [-0.2, -0.15) is 0 Å². The van der Waals surface area contributed by atoms with E-state index in [0.717, 1.165) is 5.56 Å². The highest BCUT2D eigenvalue weighted by Gasteiger charge is 2.16. The molecule has 0 radical (unpaired) electrons. The van der Waals surface area contributed by atoms with E-state index >= 15 is 0 Å². The zero-order valence-corrected chi connectivity index (χ0v) is 16.4. The second-order valence-corrected chi connectivity index (χ2v) is 6.49. The molecular weight excluding hydrogens is 361 g/mol. The summed E-state index contributed by atoms with van der Waals surface area (Å²) >= 11 is 0. The van der Waals surface area contributed by atoms with E-state index in [9.17, 15) is 14.0 Å². The first-order valence-electron chi connectivity index (χ1n) is 9.06. The van der Waals surface area contributed by atoms with Crippen LogP contribution in [0.2, 0.25) is 0 Å². The Kier molecular flexibility index (Phi) is 7.95. The molecule has 0 unspecified atom stereocenters. The number of hydrogen-bond acceptors (Lipinski definition) is 4. The number of likely N-dealkylation sites (N-methyl/N-ethyl adjacent to an activating group) is 2. The second-order valence-electron chi connectivity index (χ2n) is 6.49. The summed E-state index contributed by atoms with van der Waals surface area (Å²) in [6.45, 7) is 2.88. The first-order valence-corrected chi connectivity index (χ1v) is 9.06. The molecule has 0 saturated heterocycles. The van der Waals surface area contributed by atoms with Gasteiger partial charge in [-0.3, -0.25) is 14.5 Å². The Morgan fingerprint density at radius 2 is 1.82 bits per heavy atom. The minimum Gasteiger partial charge on any atom is -0.497 e. The van der Waals surface area contributed by atoms with Gasteiger partial charge in [0.05, 0.1) is 20.2 Å². The summed E-state index contributed by atoms with van der Waals surface area (Å²) in [4.78, 5) is 28.0. The van der Waals surface area contributed by atoms with Crippen molar-refractivity contribution in [2.24, 2.45) is 0 Å². The van der Waals surface area contributed by atoms with E-state index in [-0.39, 0.29) is 30.7 Å². The summed E-state index contributed by atoms with van der Waals surface area (Å²) in [7, 11) is 3.29. The van der Waals surface area contributed by atoms with Gasteiger partial charge in [0.2, 0.25) is 11.8 Å². The van der Waals surface area contributed by atoms with Gasteiger partial charge < -0.3 is 15.0 Å². The van der Waals surface area contributed by atoms with Crippen molar-refractivity contribution in [1.29, 1.82) is 0 Å². The number of rotatable bonds is 9. The zero-order chi connectivity index (χ0) is 20.5. The van der Waals surface area contributed by atoms with E-state index in [1.807, 2.05) is 6.92 Å². The number of carbonyl (C=O) groups is 2. The van der Waals surface area contributed by atoms with Crippen molar-refractivity contribution in [3.8, 4) is 5.75 Å². The molecule has 0 saturated carbocycles. The van der Waals surface area contributed by atoms with Crippen LogP contribution >= 0.6 is 0 Å². The molecule has 0 aliphatic carbocycles. The summed E-state index contributed by atoms with van der Waals surface area (Å²) in [5.74, 6) is 0.0483. The molecule has 1 N–H and O–H groups in total. The molecule has 0 aromatic heterocycles. The van der Waals surface area contributed by atoms with E-state index in [4.69, 9.17) is 4.74 Å². The second kappa shape index (κ2) is 10.4. The van der Waals surface area contributed by atoms with E-state index in [0.29, 0.717) is 24.5 Å². The standard InChI is InChI=1S/C21H26FN3O3/c1-4-25(13-16-6-5-7-17(22)12-16)21(27)15-24(2)14-20(26)23-18-8-10-19(28-3)11-9-18/h5-12H,4,13-15H2,1-3H3,(H,23,26). The van der Waals surface area contributed by atoms with Crippen molar-refractivity contribution in [3.63, 3.8) is 0 Å². The quantitative estimate of drug-likeness (QED) is 0.719. The number of ether oxygens (including phenoxy) is 1. The van der Waals surface area contributed by atoms with Crippen molar-refractivity contribution < 1.29 is 18.7 Å². The molecule has 0 bridgehead atoms. The summed E-state index contributed by atoms with van der Waals surface area (Å²) in [6, 6.07) is 13.2. The summed E-state index contributed by atoms with van der Waals surface area (Å²) < 4.78 is 18.4. The lowest BCUT2D eigenvalue weighted by Gasteiger charge is -2.24. The summed E-state index contributed by atoms with van der Waals surface area (Å²) in [5, 5.41) is 2.78. The van der Waals surface area contributed by atoms with Crippen LogP contribution in [0.5, 0.6) is 5.75 Å². The number of carbonyl (C=O) groups excluding carboxylic acids is 2. The van der Waals surface area contributed by atoms with Gasteiger partial charge in [0.1, 0.15) is 11.6 Å². The molecule has 2 rings (SSSR count). The third-order valence-corrected chi connectivity index (χ3v) is 4.19. The average molecular weight is 387 g/mol. The van der Waals surface area contributed by atoms with Crippen LogP contribution in [-0.4, -0.2) is 55.4 Å². The van der Waals surface area contributed by atoms with Crippen LogP contribution in [0, 0.1) is 5.82 Å². The van der Waals surface area contributed by atoms with Crippen LogP contribution in [0.15, 0.2) is 48.5 Å². The highest BCUT2D eigenvalue weighted by molar-refractivity contribution is 5.92. The molecule has 7 heteroatoms. The molecule has 28 heavy (non-hydrogen) atoms. The molecular formula is C21H26FN3O3. The van der Waals surface area contributed by atoms with Gasteiger partial charge in [-0.25, -0.2) is 4.39 Å². The van der Waals surface area contributed by atoms with Crippen LogP contribution in [0.1, 0.15) is 12.5 Å². The topological polar surface area (TPSA) is 61.9 Å². The Morgan fingerprint density at radius 3 is 2.43 bits per heavy atom. The molecule has 0 fully saturated rings. The molecule has 6 nitrogen and oxygen atoms in total. The highest BCUT2D eigenvalue weighted by Crippen LogP contribution is 2.15. The Morgan fingerprint density at radius 1 is 1.11 bits per heavy atom. The minimum atomic E-state index is -0.326. The third-order valence-electron chi connectivity index (χ3n) is 4.19. The van der Waals surface area contributed by atoms with Gasteiger partial charge in [0, 0.05) is 18.8 Å². The summed E-state index contributed by atoms with van der Waals surface area (Å²) in [6.07, 6.45) is 0. The molecule has 2 amide bonds. The Hall–Kier alpha value is -2.93. The predicted octanol–water partition coefficient (Wildman–Crippen LogP) is 2.75. The fourth-order valence-corrected chi connectivity index (χ4v) is 2.74. The summed E-state index contributed by atoms with van der Waals surface area (Å²) in [5.41, 5.74) is 1.39. The van der Waals surface area contributed by atoms with E-state index in [2.05, 4.69) is 5.32 Å². The molecule has 0 aliphatic heterocycles. The van der Waals surface area contributed by atoms with E-state index in [1.165, 1.54) is 12.1 Å². The fourth-order valence-electron chi connectivity index (χ4n) is 2.74. The molecule has 0 spiro atoms. The van der Waals surface area contributed by atoms with Gasteiger partial charge in [-0.1, -0.05) is 12.1 Å². The number of nitrogens with one attached hydrogen (secondary N) is 1. The number of benzene rings is 2. The number of halogens is 1. The monoisotopic (exact) mass is 387 g/mol. The number of hydrogen-bond donors (Lipinski definition) is 1. The molecule has 0 heterocycles. The van der Waals surface area contributed by atoms with Gasteiger partial charge in [-0.05, 0) is 55.9 Å². The molecule has 2 aromatic carbocycles. The van der Waals surface area contributed by atoms with Crippen molar-refractivity contribution >= 4 is 17.5 Å². The lowest BCUT2D eigenvalue weighted by Crippen LogP contribution is -2.41. The van der Waals surface area contributed by atoms with Crippen molar-refractivity contribution in [2.45, 2.75) is 13.5 Å². The number of nitrogens with zero attached hydrogens (tertiary/aromatic N) is 2. The van der Waals surface area contributed by atoms with Crippen molar-refractivity contribution in [2.75, 3.05) is 39.1 Å². The van der Waals surface area contributed by atoms with Gasteiger partial charge in [-0.15, -0.1) is 0 Å². The smallest absolute Gasteiger partial charge is 0.238 e. The van der Waals surface area contributed by atoms with Gasteiger partial charge in [0.15, 0.2) is 0 Å². The van der Waals surface area contributed by atoms with Gasteiger partial charge in [0.25, 0.3) is 0 Å². The normalized spacial score (nSPS) is 10.6. The highest BCUT2D eigenvalue weighted by atomic mass is 19.1. The minimum absolute atomic E-state index is 0.0787. The lowest BCUT2D eigenvalue weighted by molar-refractivity contribution is -0.132. The number of methoxy groups -OCH3 is 1. The first kappa shape index (κ1) is 21.4. The maximum atomic E-state index is 13.3. The molecule has 0 aliphatic rings.